The average molecular weight is 373 g/mol. The summed E-state index contributed by atoms with van der Waals surface area (Å²) in [7, 11) is 0. The van der Waals surface area contributed by atoms with E-state index in [-0.39, 0.29) is 5.91 Å². The van der Waals surface area contributed by atoms with E-state index in [0.717, 1.165) is 16.9 Å². The van der Waals surface area contributed by atoms with Gasteiger partial charge in [0.1, 0.15) is 0 Å². The van der Waals surface area contributed by atoms with Crippen LogP contribution in [-0.4, -0.2) is 26.4 Å². The summed E-state index contributed by atoms with van der Waals surface area (Å²) >= 11 is 7.49. The van der Waals surface area contributed by atoms with Gasteiger partial charge in [-0.1, -0.05) is 29.8 Å². The maximum atomic E-state index is 12.0. The number of nitrogens with zero attached hydrogens (tertiary/aromatic N) is 3. The molecule has 1 N–H and O–H groups in total. The summed E-state index contributed by atoms with van der Waals surface area (Å²) in [5.41, 5.74) is 2.16. The van der Waals surface area contributed by atoms with Gasteiger partial charge in [0.25, 0.3) is 0 Å². The van der Waals surface area contributed by atoms with Crippen LogP contribution >= 0.6 is 23.4 Å². The molecule has 0 unspecified atom stereocenters. The SMILES string of the molecule is O=C(CSCc1cccc(Cl)c1)Nc1ccn(Cc2cccnc2)n1. The molecule has 0 bridgehead atoms. The molecule has 0 aliphatic carbocycles. The Morgan fingerprint density at radius 3 is 2.88 bits per heavy atom. The van der Waals surface area contributed by atoms with Gasteiger partial charge in [-0.15, -0.1) is 11.8 Å². The number of pyridine rings is 1. The monoisotopic (exact) mass is 372 g/mol. The molecule has 0 aliphatic rings. The molecule has 0 radical (unpaired) electrons. The van der Waals surface area contributed by atoms with Gasteiger partial charge in [0, 0.05) is 35.4 Å². The van der Waals surface area contributed by atoms with Crippen molar-refractivity contribution >= 4 is 35.1 Å². The summed E-state index contributed by atoms with van der Waals surface area (Å²) in [6.07, 6.45) is 5.37. The van der Waals surface area contributed by atoms with Gasteiger partial charge in [-0.2, -0.15) is 5.10 Å². The normalized spacial score (nSPS) is 10.6. The Balaban J connectivity index is 1.45. The van der Waals surface area contributed by atoms with Crippen LogP contribution in [0.25, 0.3) is 0 Å². The summed E-state index contributed by atoms with van der Waals surface area (Å²) in [5, 5.41) is 7.88. The van der Waals surface area contributed by atoms with Gasteiger partial charge in [-0.3, -0.25) is 14.5 Å². The second-order valence-corrected chi connectivity index (χ2v) is 6.85. The number of nitrogens with one attached hydrogen (secondary N) is 1. The molecule has 25 heavy (non-hydrogen) atoms. The Hall–Kier alpha value is -2.31. The van der Waals surface area contributed by atoms with Crippen LogP contribution in [0.5, 0.6) is 0 Å². The minimum absolute atomic E-state index is 0.0707. The molecule has 1 aromatic carbocycles. The fourth-order valence-corrected chi connectivity index (χ4v) is 3.25. The predicted molar refractivity (Wildman–Crippen MR) is 102 cm³/mol. The van der Waals surface area contributed by atoms with Crippen LogP contribution in [0.15, 0.2) is 61.1 Å². The van der Waals surface area contributed by atoms with Crippen molar-refractivity contribution in [1.82, 2.24) is 14.8 Å². The fraction of sp³-hybridized carbons (Fsp3) is 0.167. The van der Waals surface area contributed by atoms with E-state index in [9.17, 15) is 4.79 Å². The van der Waals surface area contributed by atoms with Crippen molar-refractivity contribution in [1.29, 1.82) is 0 Å². The lowest BCUT2D eigenvalue weighted by atomic mass is 10.2. The molecule has 0 fully saturated rings. The lowest BCUT2D eigenvalue weighted by Gasteiger charge is -2.04. The van der Waals surface area contributed by atoms with Gasteiger partial charge in [0.15, 0.2) is 5.82 Å². The highest BCUT2D eigenvalue weighted by Gasteiger charge is 2.06. The number of rotatable bonds is 7. The molecule has 0 atom stereocenters. The number of hydrogen-bond acceptors (Lipinski definition) is 4. The van der Waals surface area contributed by atoms with E-state index in [1.54, 1.807) is 23.1 Å². The van der Waals surface area contributed by atoms with Gasteiger partial charge in [0.05, 0.1) is 12.3 Å². The van der Waals surface area contributed by atoms with Crippen molar-refractivity contribution < 1.29 is 4.79 Å². The minimum atomic E-state index is -0.0707. The van der Waals surface area contributed by atoms with Crippen LogP contribution in [0, 0.1) is 0 Å². The number of carbonyl (C=O) groups is 1. The number of thioether (sulfide) groups is 1. The zero-order valence-corrected chi connectivity index (χ0v) is 15.0. The lowest BCUT2D eigenvalue weighted by molar-refractivity contribution is -0.113. The second kappa shape index (κ2) is 8.69. The predicted octanol–water partition coefficient (Wildman–Crippen LogP) is 3.85. The van der Waals surface area contributed by atoms with E-state index in [1.165, 1.54) is 11.8 Å². The zero-order valence-electron chi connectivity index (χ0n) is 13.4. The highest BCUT2D eigenvalue weighted by atomic mass is 35.5. The Labute approximate surface area is 155 Å². The van der Waals surface area contributed by atoms with E-state index < -0.39 is 0 Å². The second-order valence-electron chi connectivity index (χ2n) is 5.43. The van der Waals surface area contributed by atoms with Gasteiger partial charge >= 0.3 is 0 Å². The maximum absolute atomic E-state index is 12.0. The van der Waals surface area contributed by atoms with Crippen LogP contribution in [0.3, 0.4) is 0 Å². The Kier molecular flexibility index (Phi) is 6.09. The molecule has 2 heterocycles. The van der Waals surface area contributed by atoms with Crippen molar-refractivity contribution in [3.05, 3.63) is 77.2 Å². The van der Waals surface area contributed by atoms with E-state index in [4.69, 9.17) is 11.6 Å². The Bertz CT molecular complexity index is 838. The summed E-state index contributed by atoms with van der Waals surface area (Å²) in [5.74, 6) is 1.58. The zero-order chi connectivity index (χ0) is 17.5. The fourth-order valence-electron chi connectivity index (χ4n) is 2.26. The molecule has 7 heteroatoms. The van der Waals surface area contributed by atoms with Gasteiger partial charge in [-0.05, 0) is 29.3 Å². The van der Waals surface area contributed by atoms with Crippen molar-refractivity contribution in [3.8, 4) is 0 Å². The average Bonchev–Trinajstić information content (AvgIpc) is 3.02. The standard InChI is InChI=1S/C18H17ClN4OS/c19-16-5-1-3-14(9-16)12-25-13-18(24)21-17-6-8-23(22-17)11-15-4-2-7-20-10-15/h1-10H,11-13H2,(H,21,22,24). The molecular weight excluding hydrogens is 356 g/mol. The third kappa shape index (κ3) is 5.62. The van der Waals surface area contributed by atoms with E-state index in [0.29, 0.717) is 23.1 Å². The molecule has 5 nitrogen and oxygen atoms in total. The minimum Gasteiger partial charge on any atom is -0.308 e. The number of carbonyl (C=O) groups excluding carboxylic acids is 1. The molecule has 3 aromatic rings. The molecule has 128 valence electrons. The summed E-state index contributed by atoms with van der Waals surface area (Å²) < 4.78 is 1.77. The van der Waals surface area contributed by atoms with Crippen LogP contribution in [-0.2, 0) is 17.1 Å². The molecule has 0 aliphatic heterocycles. The van der Waals surface area contributed by atoms with E-state index >= 15 is 0 Å². The molecule has 0 spiro atoms. The van der Waals surface area contributed by atoms with Crippen molar-refractivity contribution in [2.45, 2.75) is 12.3 Å². The molecular formula is C18H17ClN4OS. The number of halogens is 1. The lowest BCUT2D eigenvalue weighted by Crippen LogP contribution is -2.15. The quantitative estimate of drug-likeness (QED) is 0.684. The Morgan fingerprint density at radius 2 is 2.08 bits per heavy atom. The summed E-state index contributed by atoms with van der Waals surface area (Å²) in [4.78, 5) is 16.1. The first kappa shape index (κ1) is 17.5. The van der Waals surface area contributed by atoms with Crippen molar-refractivity contribution in [2.24, 2.45) is 0 Å². The van der Waals surface area contributed by atoms with E-state index in [2.05, 4.69) is 15.4 Å². The van der Waals surface area contributed by atoms with Crippen LogP contribution in [0.4, 0.5) is 5.82 Å². The Morgan fingerprint density at radius 1 is 1.20 bits per heavy atom. The van der Waals surface area contributed by atoms with Gasteiger partial charge in [-0.25, -0.2) is 0 Å². The number of benzene rings is 1. The third-order valence-corrected chi connectivity index (χ3v) is 4.61. The smallest absolute Gasteiger partial charge is 0.235 e. The number of aromatic nitrogens is 3. The number of amides is 1. The van der Waals surface area contributed by atoms with Crippen LogP contribution < -0.4 is 5.32 Å². The number of anilines is 1. The maximum Gasteiger partial charge on any atom is 0.235 e. The molecule has 2 aromatic heterocycles. The largest absolute Gasteiger partial charge is 0.308 e. The molecule has 0 saturated carbocycles. The van der Waals surface area contributed by atoms with Crippen LogP contribution in [0.1, 0.15) is 11.1 Å². The van der Waals surface area contributed by atoms with Gasteiger partial charge < -0.3 is 5.32 Å². The first-order valence-corrected chi connectivity index (χ1v) is 9.27. The van der Waals surface area contributed by atoms with Crippen LogP contribution in [0.2, 0.25) is 5.02 Å². The first-order chi connectivity index (χ1) is 12.2. The topological polar surface area (TPSA) is 59.8 Å². The number of hydrogen-bond donors (Lipinski definition) is 1. The first-order valence-electron chi connectivity index (χ1n) is 7.73. The highest BCUT2D eigenvalue weighted by Crippen LogP contribution is 2.16. The van der Waals surface area contributed by atoms with Crippen molar-refractivity contribution in [2.75, 3.05) is 11.1 Å². The highest BCUT2D eigenvalue weighted by molar-refractivity contribution is 7.99. The van der Waals surface area contributed by atoms with E-state index in [1.807, 2.05) is 42.6 Å². The van der Waals surface area contributed by atoms with Gasteiger partial charge in [0.2, 0.25) is 5.91 Å². The summed E-state index contributed by atoms with van der Waals surface area (Å²) in [6, 6.07) is 13.3. The van der Waals surface area contributed by atoms with Crippen molar-refractivity contribution in [3.63, 3.8) is 0 Å². The molecule has 0 saturated heterocycles. The molecule has 1 amide bonds. The summed E-state index contributed by atoms with van der Waals surface area (Å²) in [6.45, 7) is 0.618. The molecule has 3 rings (SSSR count). The third-order valence-electron chi connectivity index (χ3n) is 3.37.